The van der Waals surface area contributed by atoms with Gasteiger partial charge in [-0.2, -0.15) is 0 Å². The van der Waals surface area contributed by atoms with Crippen LogP contribution in [0.15, 0.2) is 29.3 Å². The standard InChI is InChI=1S/C19H32N4O/c1-4-20-19(21-10-13-23-11-8-16(2)9-12-23)22-15-17-6-5-7-18(14-17)24-3/h5-7,14,16H,4,8-13,15H2,1-3H3,(H2,20,21,22). The van der Waals surface area contributed by atoms with Crippen LogP contribution in [-0.4, -0.2) is 50.7 Å². The van der Waals surface area contributed by atoms with Gasteiger partial charge in [0.25, 0.3) is 0 Å². The van der Waals surface area contributed by atoms with E-state index in [1.165, 1.54) is 25.9 Å². The molecule has 2 rings (SSSR count). The first kappa shape index (κ1) is 18.6. The minimum absolute atomic E-state index is 0.647. The van der Waals surface area contributed by atoms with Gasteiger partial charge in [0.15, 0.2) is 5.96 Å². The first-order valence-corrected chi connectivity index (χ1v) is 9.08. The molecule has 1 aliphatic heterocycles. The van der Waals surface area contributed by atoms with Gasteiger partial charge in [-0.25, -0.2) is 4.99 Å². The number of piperidine rings is 1. The summed E-state index contributed by atoms with van der Waals surface area (Å²) in [7, 11) is 1.69. The van der Waals surface area contributed by atoms with Gasteiger partial charge in [0.05, 0.1) is 13.7 Å². The Balaban J connectivity index is 1.79. The number of aliphatic imine (C=N–C) groups is 1. The van der Waals surface area contributed by atoms with E-state index in [-0.39, 0.29) is 0 Å². The molecule has 0 aliphatic carbocycles. The molecule has 0 saturated carbocycles. The van der Waals surface area contributed by atoms with Gasteiger partial charge in [-0.15, -0.1) is 0 Å². The lowest BCUT2D eigenvalue weighted by Crippen LogP contribution is -2.43. The molecule has 1 aromatic rings. The Kier molecular flexibility index (Phi) is 7.89. The maximum atomic E-state index is 5.26. The number of guanidine groups is 1. The summed E-state index contributed by atoms with van der Waals surface area (Å²) in [5, 5.41) is 6.76. The van der Waals surface area contributed by atoms with Gasteiger partial charge in [-0.1, -0.05) is 19.1 Å². The molecular weight excluding hydrogens is 300 g/mol. The smallest absolute Gasteiger partial charge is 0.191 e. The second-order valence-electron chi connectivity index (χ2n) is 6.50. The highest BCUT2D eigenvalue weighted by atomic mass is 16.5. The number of benzene rings is 1. The molecule has 134 valence electrons. The van der Waals surface area contributed by atoms with Crippen molar-refractivity contribution in [3.8, 4) is 5.75 Å². The zero-order chi connectivity index (χ0) is 17.2. The Morgan fingerprint density at radius 2 is 2.08 bits per heavy atom. The largest absolute Gasteiger partial charge is 0.497 e. The summed E-state index contributed by atoms with van der Waals surface area (Å²) in [6.07, 6.45) is 2.65. The van der Waals surface area contributed by atoms with E-state index in [2.05, 4.69) is 40.4 Å². The molecule has 0 aromatic heterocycles. The SMILES string of the molecule is CCNC(=NCc1cccc(OC)c1)NCCN1CCC(C)CC1. The van der Waals surface area contributed by atoms with Crippen LogP contribution in [0.4, 0.5) is 0 Å². The molecular formula is C19H32N4O. The normalized spacial score (nSPS) is 16.9. The van der Waals surface area contributed by atoms with Crippen LogP contribution in [0.3, 0.4) is 0 Å². The van der Waals surface area contributed by atoms with Crippen LogP contribution in [0, 0.1) is 5.92 Å². The summed E-state index contributed by atoms with van der Waals surface area (Å²) in [5.41, 5.74) is 1.15. The minimum atomic E-state index is 0.647. The Morgan fingerprint density at radius 1 is 1.29 bits per heavy atom. The molecule has 0 amide bonds. The zero-order valence-electron chi connectivity index (χ0n) is 15.3. The maximum Gasteiger partial charge on any atom is 0.191 e. The van der Waals surface area contributed by atoms with Gasteiger partial charge in [-0.05, 0) is 56.5 Å². The van der Waals surface area contributed by atoms with Crippen LogP contribution < -0.4 is 15.4 Å². The number of likely N-dealkylation sites (tertiary alicyclic amines) is 1. The molecule has 1 heterocycles. The summed E-state index contributed by atoms with van der Waals surface area (Å²) in [6.45, 7) is 10.4. The molecule has 0 atom stereocenters. The Bertz CT molecular complexity index is 510. The van der Waals surface area contributed by atoms with Crippen LogP contribution in [0.1, 0.15) is 32.3 Å². The van der Waals surface area contributed by atoms with Gasteiger partial charge in [0.2, 0.25) is 0 Å². The lowest BCUT2D eigenvalue weighted by Gasteiger charge is -2.30. The third kappa shape index (κ3) is 6.40. The molecule has 1 fully saturated rings. The molecule has 2 N–H and O–H groups in total. The molecule has 0 unspecified atom stereocenters. The highest BCUT2D eigenvalue weighted by molar-refractivity contribution is 5.79. The molecule has 5 nitrogen and oxygen atoms in total. The van der Waals surface area contributed by atoms with E-state index in [1.807, 2.05) is 18.2 Å². The van der Waals surface area contributed by atoms with E-state index >= 15 is 0 Å². The van der Waals surface area contributed by atoms with E-state index in [1.54, 1.807) is 7.11 Å². The molecule has 0 radical (unpaired) electrons. The van der Waals surface area contributed by atoms with E-state index < -0.39 is 0 Å². The minimum Gasteiger partial charge on any atom is -0.497 e. The van der Waals surface area contributed by atoms with Crippen molar-refractivity contribution in [2.24, 2.45) is 10.9 Å². The fraction of sp³-hybridized carbons (Fsp3) is 0.632. The third-order valence-corrected chi connectivity index (χ3v) is 4.49. The molecule has 0 spiro atoms. The predicted octanol–water partition coefficient (Wildman–Crippen LogP) is 2.48. The van der Waals surface area contributed by atoms with Crippen LogP contribution in [0.25, 0.3) is 0 Å². The molecule has 24 heavy (non-hydrogen) atoms. The van der Waals surface area contributed by atoms with Gasteiger partial charge < -0.3 is 20.3 Å². The maximum absolute atomic E-state index is 5.26. The topological polar surface area (TPSA) is 48.9 Å². The molecule has 1 saturated heterocycles. The average Bonchev–Trinajstić information content (AvgIpc) is 2.61. The first-order valence-electron chi connectivity index (χ1n) is 9.08. The van der Waals surface area contributed by atoms with Crippen LogP contribution in [-0.2, 0) is 6.54 Å². The van der Waals surface area contributed by atoms with Crippen molar-refractivity contribution >= 4 is 5.96 Å². The summed E-state index contributed by atoms with van der Waals surface area (Å²) in [5.74, 6) is 2.64. The van der Waals surface area contributed by atoms with Crippen LogP contribution in [0.5, 0.6) is 5.75 Å². The second-order valence-corrected chi connectivity index (χ2v) is 6.50. The van der Waals surface area contributed by atoms with Crippen LogP contribution >= 0.6 is 0 Å². The number of rotatable bonds is 7. The number of hydrogen-bond acceptors (Lipinski definition) is 3. The van der Waals surface area contributed by atoms with Gasteiger partial charge >= 0.3 is 0 Å². The Labute approximate surface area is 146 Å². The number of hydrogen-bond donors (Lipinski definition) is 2. The molecule has 1 aliphatic rings. The summed E-state index contributed by atoms with van der Waals surface area (Å²) in [4.78, 5) is 7.21. The lowest BCUT2D eigenvalue weighted by molar-refractivity contribution is 0.195. The monoisotopic (exact) mass is 332 g/mol. The first-order chi connectivity index (χ1) is 11.7. The lowest BCUT2D eigenvalue weighted by atomic mass is 9.99. The van der Waals surface area contributed by atoms with Crippen molar-refractivity contribution in [3.63, 3.8) is 0 Å². The van der Waals surface area contributed by atoms with Crippen molar-refractivity contribution in [2.75, 3.05) is 39.8 Å². The highest BCUT2D eigenvalue weighted by Crippen LogP contribution is 2.15. The Morgan fingerprint density at radius 3 is 2.79 bits per heavy atom. The van der Waals surface area contributed by atoms with Crippen molar-refractivity contribution in [1.29, 1.82) is 0 Å². The van der Waals surface area contributed by atoms with E-state index in [9.17, 15) is 0 Å². The fourth-order valence-electron chi connectivity index (χ4n) is 2.90. The summed E-state index contributed by atoms with van der Waals surface area (Å²) < 4.78 is 5.26. The second kappa shape index (κ2) is 10.2. The van der Waals surface area contributed by atoms with Gasteiger partial charge in [-0.3, -0.25) is 0 Å². The summed E-state index contributed by atoms with van der Waals surface area (Å²) in [6, 6.07) is 8.06. The predicted molar refractivity (Wildman–Crippen MR) is 101 cm³/mol. The van der Waals surface area contributed by atoms with Crippen LogP contribution in [0.2, 0.25) is 0 Å². The van der Waals surface area contributed by atoms with Crippen molar-refractivity contribution in [3.05, 3.63) is 29.8 Å². The van der Waals surface area contributed by atoms with Crippen molar-refractivity contribution in [1.82, 2.24) is 15.5 Å². The number of nitrogens with one attached hydrogen (secondary N) is 2. The zero-order valence-corrected chi connectivity index (χ0v) is 15.3. The van der Waals surface area contributed by atoms with Crippen molar-refractivity contribution < 1.29 is 4.74 Å². The third-order valence-electron chi connectivity index (χ3n) is 4.49. The van der Waals surface area contributed by atoms with Crippen molar-refractivity contribution in [2.45, 2.75) is 33.2 Å². The van der Waals surface area contributed by atoms with E-state index in [0.29, 0.717) is 6.54 Å². The van der Waals surface area contributed by atoms with Gasteiger partial charge in [0.1, 0.15) is 5.75 Å². The number of nitrogens with zero attached hydrogens (tertiary/aromatic N) is 2. The number of methoxy groups -OCH3 is 1. The molecule has 5 heteroatoms. The molecule has 1 aromatic carbocycles. The van der Waals surface area contributed by atoms with E-state index in [4.69, 9.17) is 4.74 Å². The quantitative estimate of drug-likeness (QED) is 0.595. The van der Waals surface area contributed by atoms with Gasteiger partial charge in [0, 0.05) is 19.6 Å². The number of ether oxygens (including phenoxy) is 1. The average molecular weight is 332 g/mol. The summed E-state index contributed by atoms with van der Waals surface area (Å²) >= 11 is 0. The van der Waals surface area contributed by atoms with E-state index in [0.717, 1.165) is 42.8 Å². The molecule has 0 bridgehead atoms. The Hall–Kier alpha value is -1.75. The fourth-order valence-corrected chi connectivity index (χ4v) is 2.90. The highest BCUT2D eigenvalue weighted by Gasteiger charge is 2.14.